The second kappa shape index (κ2) is 7.95. The average Bonchev–Trinajstić information content (AvgIpc) is 3.15. The van der Waals surface area contributed by atoms with Crippen LogP contribution in [-0.4, -0.2) is 30.3 Å². The van der Waals surface area contributed by atoms with Gasteiger partial charge in [-0.05, 0) is 29.3 Å². The first-order chi connectivity index (χ1) is 10.2. The van der Waals surface area contributed by atoms with Crippen LogP contribution in [-0.2, 0) is 11.3 Å². The molecule has 21 heavy (non-hydrogen) atoms. The highest BCUT2D eigenvalue weighted by Crippen LogP contribution is 2.11. The molecule has 0 unspecified atom stereocenters. The van der Waals surface area contributed by atoms with Gasteiger partial charge >= 0.3 is 0 Å². The summed E-state index contributed by atoms with van der Waals surface area (Å²) in [5, 5.41) is 8.52. The number of hydrogen-bond acceptors (Lipinski definition) is 4. The van der Waals surface area contributed by atoms with E-state index in [4.69, 9.17) is 0 Å². The molecule has 1 N–H and O–H groups in total. The maximum absolute atomic E-state index is 12.0. The van der Waals surface area contributed by atoms with Crippen LogP contribution in [0.1, 0.15) is 28.1 Å². The highest BCUT2D eigenvalue weighted by atomic mass is 32.1. The molecule has 0 aliphatic rings. The van der Waals surface area contributed by atoms with Gasteiger partial charge < -0.3 is 10.2 Å². The van der Waals surface area contributed by atoms with E-state index in [0.29, 0.717) is 31.5 Å². The van der Waals surface area contributed by atoms with Crippen LogP contribution in [0.3, 0.4) is 0 Å². The normalized spacial score (nSPS) is 10.3. The molecule has 0 spiro atoms. The van der Waals surface area contributed by atoms with Crippen molar-refractivity contribution in [3.63, 3.8) is 0 Å². The number of carbonyl (C=O) groups excluding carboxylic acids is 2. The fraction of sp³-hybridized carbons (Fsp3) is 0.333. The molecule has 2 aromatic heterocycles. The zero-order chi connectivity index (χ0) is 15.1. The van der Waals surface area contributed by atoms with Crippen molar-refractivity contribution in [2.24, 2.45) is 0 Å². The number of amides is 2. The molecule has 0 aliphatic carbocycles. The second-order valence-electron chi connectivity index (χ2n) is 4.70. The Balaban J connectivity index is 1.64. The quantitative estimate of drug-likeness (QED) is 0.797. The lowest BCUT2D eigenvalue weighted by Crippen LogP contribution is -2.28. The standard InChI is InChI=1S/C15H18N2O2S2/c1-17(10-13-4-3-8-21-13)14(18)5-2-7-16-15(19)12-6-9-20-11-12/h3-4,6,8-9,11H,2,5,7,10H2,1H3,(H,16,19). The number of hydrogen-bond donors (Lipinski definition) is 1. The van der Waals surface area contributed by atoms with E-state index in [2.05, 4.69) is 5.32 Å². The van der Waals surface area contributed by atoms with Crippen molar-refractivity contribution in [2.45, 2.75) is 19.4 Å². The summed E-state index contributed by atoms with van der Waals surface area (Å²) in [6.45, 7) is 1.17. The summed E-state index contributed by atoms with van der Waals surface area (Å²) in [4.78, 5) is 26.6. The number of carbonyl (C=O) groups is 2. The second-order valence-corrected chi connectivity index (χ2v) is 6.51. The molecule has 2 heterocycles. The van der Waals surface area contributed by atoms with E-state index < -0.39 is 0 Å². The SMILES string of the molecule is CN(Cc1cccs1)C(=O)CCCNC(=O)c1ccsc1. The van der Waals surface area contributed by atoms with Gasteiger partial charge in [0.2, 0.25) is 5.91 Å². The van der Waals surface area contributed by atoms with Crippen LogP contribution in [0, 0.1) is 0 Å². The van der Waals surface area contributed by atoms with Gasteiger partial charge in [-0.15, -0.1) is 11.3 Å². The lowest BCUT2D eigenvalue weighted by molar-refractivity contribution is -0.130. The molecule has 4 nitrogen and oxygen atoms in total. The number of nitrogens with one attached hydrogen (secondary N) is 1. The molecule has 112 valence electrons. The monoisotopic (exact) mass is 322 g/mol. The third-order valence-electron chi connectivity index (χ3n) is 3.04. The Morgan fingerprint density at radius 1 is 1.29 bits per heavy atom. The Bertz CT molecular complexity index is 565. The number of nitrogens with zero attached hydrogens (tertiary/aromatic N) is 1. The van der Waals surface area contributed by atoms with Crippen molar-refractivity contribution < 1.29 is 9.59 Å². The van der Waals surface area contributed by atoms with Crippen molar-refractivity contribution >= 4 is 34.5 Å². The van der Waals surface area contributed by atoms with Crippen LogP contribution in [0.2, 0.25) is 0 Å². The van der Waals surface area contributed by atoms with Crippen molar-refractivity contribution in [2.75, 3.05) is 13.6 Å². The van der Waals surface area contributed by atoms with Crippen molar-refractivity contribution in [1.29, 1.82) is 0 Å². The molecule has 2 amide bonds. The summed E-state index contributed by atoms with van der Waals surface area (Å²) in [6, 6.07) is 5.80. The van der Waals surface area contributed by atoms with E-state index in [9.17, 15) is 9.59 Å². The van der Waals surface area contributed by atoms with E-state index in [0.717, 1.165) is 0 Å². The van der Waals surface area contributed by atoms with E-state index in [1.807, 2.05) is 35.3 Å². The van der Waals surface area contributed by atoms with Crippen molar-refractivity contribution in [3.05, 3.63) is 44.8 Å². The summed E-state index contributed by atoms with van der Waals surface area (Å²) < 4.78 is 0. The first-order valence-electron chi connectivity index (χ1n) is 6.73. The zero-order valence-corrected chi connectivity index (χ0v) is 13.5. The van der Waals surface area contributed by atoms with Crippen LogP contribution in [0.5, 0.6) is 0 Å². The Morgan fingerprint density at radius 2 is 2.14 bits per heavy atom. The number of thiophene rings is 2. The van der Waals surface area contributed by atoms with Gasteiger partial charge in [0.15, 0.2) is 0 Å². The van der Waals surface area contributed by atoms with Gasteiger partial charge in [0.25, 0.3) is 5.91 Å². The molecule has 2 rings (SSSR count). The largest absolute Gasteiger partial charge is 0.352 e. The van der Waals surface area contributed by atoms with Gasteiger partial charge in [0.1, 0.15) is 0 Å². The van der Waals surface area contributed by atoms with Gasteiger partial charge in [0, 0.05) is 35.8 Å². The predicted octanol–water partition coefficient (Wildman–Crippen LogP) is 2.98. The zero-order valence-electron chi connectivity index (χ0n) is 11.9. The third kappa shape index (κ3) is 4.99. The van der Waals surface area contributed by atoms with Gasteiger partial charge in [-0.1, -0.05) is 6.07 Å². The summed E-state index contributed by atoms with van der Waals surface area (Å²) in [7, 11) is 1.81. The molecule has 0 aliphatic heterocycles. The molecule has 6 heteroatoms. The summed E-state index contributed by atoms with van der Waals surface area (Å²) in [6.07, 6.45) is 1.11. The fourth-order valence-corrected chi connectivity index (χ4v) is 3.25. The van der Waals surface area contributed by atoms with Crippen molar-refractivity contribution in [3.8, 4) is 0 Å². The van der Waals surface area contributed by atoms with Crippen LogP contribution in [0.4, 0.5) is 0 Å². The summed E-state index contributed by atoms with van der Waals surface area (Å²) in [5.74, 6) is 0.0313. The van der Waals surface area contributed by atoms with E-state index >= 15 is 0 Å². The summed E-state index contributed by atoms with van der Waals surface area (Å²) >= 11 is 3.15. The molecule has 0 saturated heterocycles. The molecule has 0 fully saturated rings. The molecule has 0 saturated carbocycles. The van der Waals surface area contributed by atoms with Crippen LogP contribution >= 0.6 is 22.7 Å². The Labute approximate surface area is 132 Å². The molecular weight excluding hydrogens is 304 g/mol. The highest BCUT2D eigenvalue weighted by molar-refractivity contribution is 7.09. The molecule has 2 aromatic rings. The van der Waals surface area contributed by atoms with Crippen LogP contribution < -0.4 is 5.32 Å². The van der Waals surface area contributed by atoms with E-state index in [1.54, 1.807) is 22.3 Å². The van der Waals surface area contributed by atoms with Crippen LogP contribution in [0.25, 0.3) is 0 Å². The molecular formula is C15H18N2O2S2. The predicted molar refractivity (Wildman–Crippen MR) is 86.7 cm³/mol. The van der Waals surface area contributed by atoms with Gasteiger partial charge in [-0.25, -0.2) is 0 Å². The minimum Gasteiger partial charge on any atom is -0.352 e. The minimum atomic E-state index is -0.0735. The fourth-order valence-electron chi connectivity index (χ4n) is 1.85. The Morgan fingerprint density at radius 3 is 2.81 bits per heavy atom. The Hall–Kier alpha value is -1.66. The lowest BCUT2D eigenvalue weighted by atomic mass is 10.2. The topological polar surface area (TPSA) is 49.4 Å². The maximum atomic E-state index is 12.0. The first-order valence-corrected chi connectivity index (χ1v) is 8.56. The van der Waals surface area contributed by atoms with Crippen LogP contribution in [0.15, 0.2) is 34.3 Å². The molecule has 0 atom stereocenters. The first kappa shape index (κ1) is 15.7. The number of rotatable bonds is 7. The van der Waals surface area contributed by atoms with E-state index in [1.165, 1.54) is 16.2 Å². The molecule has 0 radical (unpaired) electrons. The average molecular weight is 322 g/mol. The van der Waals surface area contributed by atoms with Crippen molar-refractivity contribution in [1.82, 2.24) is 10.2 Å². The minimum absolute atomic E-state index is 0.0735. The smallest absolute Gasteiger partial charge is 0.252 e. The molecule has 0 bridgehead atoms. The third-order valence-corrected chi connectivity index (χ3v) is 4.58. The van der Waals surface area contributed by atoms with Gasteiger partial charge in [-0.3, -0.25) is 9.59 Å². The molecule has 0 aromatic carbocycles. The lowest BCUT2D eigenvalue weighted by Gasteiger charge is -2.16. The highest BCUT2D eigenvalue weighted by Gasteiger charge is 2.10. The maximum Gasteiger partial charge on any atom is 0.252 e. The van der Waals surface area contributed by atoms with E-state index in [-0.39, 0.29) is 11.8 Å². The van der Waals surface area contributed by atoms with Gasteiger partial charge in [0.05, 0.1) is 6.54 Å². The van der Waals surface area contributed by atoms with Gasteiger partial charge in [-0.2, -0.15) is 11.3 Å². The Kier molecular flexibility index (Phi) is 5.95. The summed E-state index contributed by atoms with van der Waals surface area (Å²) in [5.41, 5.74) is 0.682.